The molecule has 0 radical (unpaired) electrons. The molecular weight excluding hydrogens is 455 g/mol. The summed E-state index contributed by atoms with van der Waals surface area (Å²) in [5.41, 5.74) is -4.41. The Bertz CT molecular complexity index is 1140. The van der Waals surface area contributed by atoms with E-state index >= 15 is 0 Å². The molecule has 0 aromatic heterocycles. The molecule has 4 aliphatic rings. The van der Waals surface area contributed by atoms with Gasteiger partial charge < -0.3 is 14.8 Å². The molecule has 1 N–H and O–H groups in total. The van der Waals surface area contributed by atoms with Crippen LogP contribution >= 0.6 is 0 Å². The minimum atomic E-state index is -4.83. The number of ether oxygens (including phenoxy) is 2. The Balaban J connectivity index is 1.44. The highest BCUT2D eigenvalue weighted by Crippen LogP contribution is 2.61. The zero-order chi connectivity index (χ0) is 24.6. The fraction of sp³-hybridized carbons (Fsp3) is 0.565. The molecule has 1 unspecified atom stereocenters. The number of nitrogens with zero attached hydrogens (tertiary/aromatic N) is 2. The third-order valence-electron chi connectivity index (χ3n) is 7.46. The van der Waals surface area contributed by atoms with Crippen LogP contribution < -0.4 is 10.2 Å². The molecule has 11 heteroatoms. The molecule has 3 heterocycles. The molecule has 0 spiro atoms. The van der Waals surface area contributed by atoms with Gasteiger partial charge in [-0.15, -0.1) is 0 Å². The van der Waals surface area contributed by atoms with Gasteiger partial charge in [-0.2, -0.15) is 18.4 Å². The normalized spacial score (nSPS) is 34.2. The number of imide groups is 1. The lowest BCUT2D eigenvalue weighted by Crippen LogP contribution is -2.56. The second kappa shape index (κ2) is 7.18. The number of benzene rings is 1. The molecule has 1 aromatic carbocycles. The smallest absolute Gasteiger partial charge is 0.417 e. The van der Waals surface area contributed by atoms with E-state index in [4.69, 9.17) is 14.7 Å². The fourth-order valence-electron chi connectivity index (χ4n) is 5.67. The monoisotopic (exact) mass is 477 g/mol. The van der Waals surface area contributed by atoms with Crippen molar-refractivity contribution in [2.24, 2.45) is 17.8 Å². The number of fused-ring (bicyclic) bond motifs is 5. The standard InChI is InChI=1S/C23H22F3N3O5/c1-21-8-15(28-20(32)33-10-11-3-4-11)22(2,34-21)17-16(21)18(30)29(19(17)31)13-6-5-12(9-27)14(7-13)23(24,25)26/h5-7,11,15-17H,3-4,8,10H2,1-2H3,(H,28,32)/t15-,16+,17?,21-,22+/m1/s1. The first-order chi connectivity index (χ1) is 15.9. The number of carbonyl (C=O) groups excluding carboxylic acids is 3. The van der Waals surface area contributed by atoms with Crippen molar-refractivity contribution in [3.05, 3.63) is 29.3 Å². The number of carbonyl (C=O) groups is 3. The second-order valence-corrected chi connectivity index (χ2v) is 9.85. The molecule has 1 aliphatic carbocycles. The molecule has 5 rings (SSSR count). The van der Waals surface area contributed by atoms with Crippen molar-refractivity contribution in [1.29, 1.82) is 5.26 Å². The van der Waals surface area contributed by atoms with E-state index < -0.39 is 64.3 Å². The number of amides is 3. The number of hydrogen-bond acceptors (Lipinski definition) is 6. The molecule has 8 nitrogen and oxygen atoms in total. The van der Waals surface area contributed by atoms with Crippen molar-refractivity contribution >= 4 is 23.6 Å². The number of anilines is 1. The highest BCUT2D eigenvalue weighted by molar-refractivity contribution is 6.23. The quantitative estimate of drug-likeness (QED) is 0.668. The number of hydrogen-bond donors (Lipinski definition) is 1. The molecule has 1 saturated carbocycles. The molecule has 34 heavy (non-hydrogen) atoms. The van der Waals surface area contributed by atoms with Crippen LogP contribution in [0.1, 0.15) is 44.2 Å². The van der Waals surface area contributed by atoms with Gasteiger partial charge in [0.15, 0.2) is 0 Å². The number of nitriles is 1. The fourth-order valence-corrected chi connectivity index (χ4v) is 5.67. The van der Waals surface area contributed by atoms with Crippen molar-refractivity contribution in [2.45, 2.75) is 56.5 Å². The van der Waals surface area contributed by atoms with Gasteiger partial charge in [0.2, 0.25) is 11.8 Å². The summed E-state index contributed by atoms with van der Waals surface area (Å²) in [6.45, 7) is 3.61. The molecule has 3 saturated heterocycles. The Morgan fingerprint density at radius 2 is 1.94 bits per heavy atom. The summed E-state index contributed by atoms with van der Waals surface area (Å²) in [5.74, 6) is -2.88. The largest absolute Gasteiger partial charge is 0.449 e. The van der Waals surface area contributed by atoms with Gasteiger partial charge in [-0.25, -0.2) is 9.69 Å². The first-order valence-electron chi connectivity index (χ1n) is 11.0. The van der Waals surface area contributed by atoms with Gasteiger partial charge in [-0.05, 0) is 50.8 Å². The van der Waals surface area contributed by atoms with Crippen molar-refractivity contribution in [2.75, 3.05) is 11.5 Å². The minimum Gasteiger partial charge on any atom is -0.449 e. The highest BCUT2D eigenvalue weighted by Gasteiger charge is 2.76. The lowest BCUT2D eigenvalue weighted by atomic mass is 9.66. The topological polar surface area (TPSA) is 109 Å². The highest BCUT2D eigenvalue weighted by atomic mass is 19.4. The molecule has 4 fully saturated rings. The molecule has 2 bridgehead atoms. The van der Waals surface area contributed by atoms with E-state index in [2.05, 4.69) is 5.32 Å². The second-order valence-electron chi connectivity index (χ2n) is 9.85. The number of rotatable bonds is 4. The van der Waals surface area contributed by atoms with Crippen LogP contribution in [0.3, 0.4) is 0 Å². The van der Waals surface area contributed by atoms with Crippen LogP contribution in [0.2, 0.25) is 0 Å². The Labute approximate surface area is 193 Å². The zero-order valence-electron chi connectivity index (χ0n) is 18.4. The van der Waals surface area contributed by atoms with Crippen LogP contribution in [-0.4, -0.2) is 41.8 Å². The van der Waals surface area contributed by atoms with Crippen LogP contribution in [0.25, 0.3) is 0 Å². The molecule has 3 amide bonds. The van der Waals surface area contributed by atoms with E-state index in [9.17, 15) is 27.6 Å². The van der Waals surface area contributed by atoms with Crippen LogP contribution in [-0.2, 0) is 25.2 Å². The lowest BCUT2D eigenvalue weighted by molar-refractivity contribution is -0.138. The van der Waals surface area contributed by atoms with Crippen molar-refractivity contribution in [3.8, 4) is 6.07 Å². The predicted molar refractivity (Wildman–Crippen MR) is 109 cm³/mol. The summed E-state index contributed by atoms with van der Waals surface area (Å²) in [6, 6.07) is 3.61. The van der Waals surface area contributed by atoms with E-state index in [0.29, 0.717) is 18.6 Å². The van der Waals surface area contributed by atoms with Gasteiger partial charge in [0.25, 0.3) is 0 Å². The van der Waals surface area contributed by atoms with E-state index in [0.717, 1.165) is 29.9 Å². The van der Waals surface area contributed by atoms with E-state index in [1.54, 1.807) is 13.8 Å². The van der Waals surface area contributed by atoms with Crippen LogP contribution in [0.4, 0.5) is 23.7 Å². The maximum Gasteiger partial charge on any atom is 0.417 e. The van der Waals surface area contributed by atoms with Gasteiger partial charge in [-0.1, -0.05) is 0 Å². The summed E-state index contributed by atoms with van der Waals surface area (Å²) >= 11 is 0. The Hall–Kier alpha value is -3.13. The van der Waals surface area contributed by atoms with Gasteiger partial charge in [0.05, 0.1) is 58.6 Å². The molecule has 3 aliphatic heterocycles. The molecule has 5 atom stereocenters. The van der Waals surface area contributed by atoms with Gasteiger partial charge >= 0.3 is 12.3 Å². The average molecular weight is 477 g/mol. The van der Waals surface area contributed by atoms with E-state index in [-0.39, 0.29) is 12.1 Å². The van der Waals surface area contributed by atoms with E-state index in [1.165, 1.54) is 6.07 Å². The first-order valence-corrected chi connectivity index (χ1v) is 11.0. The van der Waals surface area contributed by atoms with Crippen molar-refractivity contribution in [1.82, 2.24) is 5.32 Å². The van der Waals surface area contributed by atoms with Crippen LogP contribution in [0.15, 0.2) is 18.2 Å². The lowest BCUT2D eigenvalue weighted by Gasteiger charge is -2.35. The zero-order valence-corrected chi connectivity index (χ0v) is 18.4. The summed E-state index contributed by atoms with van der Waals surface area (Å²) < 4.78 is 51.8. The maximum atomic E-state index is 13.5. The summed E-state index contributed by atoms with van der Waals surface area (Å²) in [6.07, 6.45) is -3.20. The number of alkyl halides is 3. The summed E-state index contributed by atoms with van der Waals surface area (Å²) in [7, 11) is 0. The third-order valence-corrected chi connectivity index (χ3v) is 7.46. The maximum absolute atomic E-state index is 13.5. The van der Waals surface area contributed by atoms with Crippen molar-refractivity contribution in [3.63, 3.8) is 0 Å². The van der Waals surface area contributed by atoms with Crippen molar-refractivity contribution < 1.29 is 37.0 Å². The average Bonchev–Trinajstić information content (AvgIpc) is 3.43. The molecule has 180 valence electrons. The SMILES string of the molecule is C[C@]12C[C@@H](NC(=O)OCC3CC3)[C@](C)(O1)C1C(=O)N(c3ccc(C#N)c(C(F)(F)F)c3)C(=O)[C@H]12. The third kappa shape index (κ3) is 3.27. The number of halogens is 3. The number of alkyl carbamates (subject to hydrolysis) is 1. The molecular formula is C23H22F3N3O5. The Morgan fingerprint density at radius 1 is 1.26 bits per heavy atom. The number of nitrogens with one attached hydrogen (secondary N) is 1. The Kier molecular flexibility index (Phi) is 4.79. The van der Waals surface area contributed by atoms with E-state index in [1.807, 2.05) is 0 Å². The van der Waals surface area contributed by atoms with Crippen LogP contribution in [0.5, 0.6) is 0 Å². The minimum absolute atomic E-state index is 0.247. The summed E-state index contributed by atoms with van der Waals surface area (Å²) in [5, 5.41) is 11.8. The first kappa shape index (κ1) is 22.7. The van der Waals surface area contributed by atoms with Gasteiger partial charge in [-0.3, -0.25) is 9.59 Å². The van der Waals surface area contributed by atoms with Crippen LogP contribution in [0, 0.1) is 29.1 Å². The van der Waals surface area contributed by atoms with Gasteiger partial charge in [0, 0.05) is 6.42 Å². The summed E-state index contributed by atoms with van der Waals surface area (Å²) in [4.78, 5) is 39.8. The predicted octanol–water partition coefficient (Wildman–Crippen LogP) is 3.14. The molecule has 1 aromatic rings. The van der Waals surface area contributed by atoms with Gasteiger partial charge in [0.1, 0.15) is 0 Å². The Morgan fingerprint density at radius 3 is 2.56 bits per heavy atom.